The molecule has 1 aliphatic heterocycles. The van der Waals surface area contributed by atoms with Crippen LogP contribution in [-0.4, -0.2) is 45.6 Å². The monoisotopic (exact) mass is 425 g/mol. The molecule has 1 N–H and O–H groups in total. The summed E-state index contributed by atoms with van der Waals surface area (Å²) in [6.07, 6.45) is 9.19. The Morgan fingerprint density at radius 2 is 2.16 bits per heavy atom. The maximum Gasteiger partial charge on any atom is 0.193 e. The van der Waals surface area contributed by atoms with Crippen molar-refractivity contribution in [2.75, 3.05) is 19.8 Å². The fourth-order valence-electron chi connectivity index (χ4n) is 4.35. The van der Waals surface area contributed by atoms with E-state index in [0.717, 1.165) is 37.1 Å². The Balaban J connectivity index is 1.46. The summed E-state index contributed by atoms with van der Waals surface area (Å²) in [7, 11) is 0. The lowest BCUT2D eigenvalue weighted by Gasteiger charge is -2.47. The molecule has 2 aromatic rings. The first-order valence-corrected chi connectivity index (χ1v) is 10.8. The van der Waals surface area contributed by atoms with Crippen molar-refractivity contribution in [3.8, 4) is 12.3 Å². The number of aromatic nitrogens is 4. The molecule has 2 heterocycles. The zero-order chi connectivity index (χ0) is 21.7. The lowest BCUT2D eigenvalue weighted by molar-refractivity contribution is 0.113. The van der Waals surface area contributed by atoms with Gasteiger partial charge in [-0.05, 0) is 53.8 Å². The molecule has 0 atom stereocenters. The van der Waals surface area contributed by atoms with Crippen LogP contribution in [0, 0.1) is 18.2 Å². The number of halogens is 1. The molecule has 0 spiro atoms. The first kappa shape index (κ1) is 21.5. The highest BCUT2D eigenvalue weighted by atomic mass is 19.1. The second-order valence-corrected chi connectivity index (χ2v) is 8.23. The molecule has 1 aliphatic carbocycles. The molecule has 0 unspecified atom stereocenters. The number of hydrogen-bond acceptors (Lipinski definition) is 7. The largest absolute Gasteiger partial charge is 0.380 e. The van der Waals surface area contributed by atoms with Crippen LogP contribution < -0.4 is 5.32 Å². The normalized spacial score (nSPS) is 23.3. The number of terminal acetylenes is 1. The molecule has 1 aromatic heterocycles. The van der Waals surface area contributed by atoms with E-state index < -0.39 is 0 Å². The molecule has 31 heavy (non-hydrogen) atoms. The van der Waals surface area contributed by atoms with Crippen molar-refractivity contribution >= 4 is 0 Å². The van der Waals surface area contributed by atoms with E-state index >= 15 is 0 Å². The number of nitrogens with zero attached hydrogens (tertiary/aromatic N) is 6. The highest BCUT2D eigenvalue weighted by Crippen LogP contribution is 2.50. The van der Waals surface area contributed by atoms with E-state index in [1.54, 1.807) is 12.1 Å². The van der Waals surface area contributed by atoms with Gasteiger partial charge in [-0.3, -0.25) is 0 Å². The first-order valence-electron chi connectivity index (χ1n) is 10.8. The van der Waals surface area contributed by atoms with Crippen molar-refractivity contribution in [2.24, 2.45) is 10.2 Å². The Morgan fingerprint density at radius 3 is 2.87 bits per heavy atom. The average Bonchev–Trinajstić information content (AvgIpc) is 3.35. The summed E-state index contributed by atoms with van der Waals surface area (Å²) in [4.78, 5) is 0. The minimum atomic E-state index is -0.380. The molecule has 164 valence electrons. The minimum Gasteiger partial charge on any atom is -0.380 e. The minimum absolute atomic E-state index is 0.211. The van der Waals surface area contributed by atoms with E-state index in [1.165, 1.54) is 6.07 Å². The van der Waals surface area contributed by atoms with Gasteiger partial charge in [-0.25, -0.2) is 9.07 Å². The fourth-order valence-corrected chi connectivity index (χ4v) is 4.35. The molecule has 0 saturated heterocycles. The van der Waals surface area contributed by atoms with Crippen LogP contribution in [0.2, 0.25) is 0 Å². The van der Waals surface area contributed by atoms with Gasteiger partial charge in [0.15, 0.2) is 11.5 Å². The standard InChI is InChI=1S/C22H28FN7O/c1-3-5-9-22(26-27-22)10-11-24-21(20-25-28-29-30(20)12-13-31-4-2)15-18(16-21)17-7-6-8-19(23)14-17/h1,6-8,14,18,24H,4-5,9-13,15-16H2,2H3. The number of nitrogens with one attached hydrogen (secondary N) is 1. The van der Waals surface area contributed by atoms with Gasteiger partial charge < -0.3 is 10.1 Å². The summed E-state index contributed by atoms with van der Waals surface area (Å²) < 4.78 is 21.0. The third-order valence-electron chi connectivity index (χ3n) is 6.16. The van der Waals surface area contributed by atoms with Gasteiger partial charge in [0.1, 0.15) is 5.82 Å². The maximum absolute atomic E-state index is 13.7. The van der Waals surface area contributed by atoms with Gasteiger partial charge in [0, 0.05) is 32.4 Å². The molecule has 1 fully saturated rings. The van der Waals surface area contributed by atoms with Crippen LogP contribution in [0.3, 0.4) is 0 Å². The van der Waals surface area contributed by atoms with E-state index in [4.69, 9.17) is 11.2 Å². The average molecular weight is 426 g/mol. The lowest BCUT2D eigenvalue weighted by atomic mass is 9.65. The third kappa shape index (κ3) is 4.81. The molecule has 1 saturated carbocycles. The molecule has 0 amide bonds. The number of hydrogen-bond donors (Lipinski definition) is 1. The number of benzene rings is 1. The predicted molar refractivity (Wildman–Crippen MR) is 113 cm³/mol. The zero-order valence-electron chi connectivity index (χ0n) is 17.8. The summed E-state index contributed by atoms with van der Waals surface area (Å²) in [6.45, 7) is 4.45. The van der Waals surface area contributed by atoms with E-state index in [9.17, 15) is 4.39 Å². The van der Waals surface area contributed by atoms with Crippen LogP contribution >= 0.6 is 0 Å². The molecule has 2 aliphatic rings. The van der Waals surface area contributed by atoms with Crippen LogP contribution in [0.4, 0.5) is 4.39 Å². The summed E-state index contributed by atoms with van der Waals surface area (Å²) in [5.41, 5.74) is 0.283. The van der Waals surface area contributed by atoms with Crippen LogP contribution in [0.25, 0.3) is 0 Å². The third-order valence-corrected chi connectivity index (χ3v) is 6.16. The SMILES string of the molecule is C#CCCC1(CCNC2(c3nnnn3CCOCC)CC(c3cccc(F)c3)C2)N=N1. The van der Waals surface area contributed by atoms with Crippen molar-refractivity contribution in [1.82, 2.24) is 25.5 Å². The number of rotatable bonds is 12. The van der Waals surface area contributed by atoms with E-state index in [1.807, 2.05) is 17.7 Å². The van der Waals surface area contributed by atoms with Gasteiger partial charge in [-0.15, -0.1) is 17.4 Å². The Morgan fingerprint density at radius 1 is 1.32 bits per heavy atom. The molecule has 9 heteroatoms. The Bertz CT molecular complexity index is 955. The van der Waals surface area contributed by atoms with Crippen LogP contribution in [0.5, 0.6) is 0 Å². The quantitative estimate of drug-likeness (QED) is 0.417. The summed E-state index contributed by atoms with van der Waals surface area (Å²) >= 11 is 0. The Labute approximate surface area is 181 Å². The number of tetrazole rings is 1. The van der Waals surface area contributed by atoms with Crippen molar-refractivity contribution in [1.29, 1.82) is 0 Å². The van der Waals surface area contributed by atoms with Gasteiger partial charge in [-0.2, -0.15) is 10.2 Å². The van der Waals surface area contributed by atoms with Crippen LogP contribution in [0.1, 0.15) is 56.3 Å². The Hall–Kier alpha value is -2.70. The fraction of sp³-hybridized carbons (Fsp3) is 0.591. The first-order chi connectivity index (χ1) is 15.1. The molecule has 0 radical (unpaired) electrons. The second kappa shape index (κ2) is 9.20. The molecule has 0 bridgehead atoms. The number of ether oxygens (including phenoxy) is 1. The predicted octanol–water partition coefficient (Wildman–Crippen LogP) is 3.18. The molecular weight excluding hydrogens is 397 g/mol. The lowest BCUT2D eigenvalue weighted by Crippen LogP contribution is -2.54. The topological polar surface area (TPSA) is 89.6 Å². The summed E-state index contributed by atoms with van der Waals surface area (Å²) in [5, 5.41) is 24.6. The Kier molecular flexibility index (Phi) is 6.39. The summed E-state index contributed by atoms with van der Waals surface area (Å²) in [5.74, 6) is 3.49. The molecular formula is C22H28FN7O. The van der Waals surface area contributed by atoms with Gasteiger partial charge in [0.05, 0.1) is 18.7 Å². The van der Waals surface area contributed by atoms with Gasteiger partial charge >= 0.3 is 0 Å². The van der Waals surface area contributed by atoms with E-state index in [-0.39, 0.29) is 22.9 Å². The van der Waals surface area contributed by atoms with Gasteiger partial charge in [0.25, 0.3) is 0 Å². The van der Waals surface area contributed by atoms with Crippen molar-refractivity contribution in [3.05, 3.63) is 41.5 Å². The van der Waals surface area contributed by atoms with Gasteiger partial charge in [0.2, 0.25) is 0 Å². The smallest absolute Gasteiger partial charge is 0.193 e. The van der Waals surface area contributed by atoms with Crippen molar-refractivity contribution in [3.63, 3.8) is 0 Å². The highest BCUT2D eigenvalue weighted by molar-refractivity contribution is 5.28. The van der Waals surface area contributed by atoms with Crippen molar-refractivity contribution in [2.45, 2.75) is 62.7 Å². The van der Waals surface area contributed by atoms with Gasteiger partial charge in [-0.1, -0.05) is 12.1 Å². The zero-order valence-corrected chi connectivity index (χ0v) is 17.8. The maximum atomic E-state index is 13.7. The second-order valence-electron chi connectivity index (χ2n) is 8.23. The van der Waals surface area contributed by atoms with Crippen molar-refractivity contribution < 1.29 is 9.13 Å². The van der Waals surface area contributed by atoms with Crippen LogP contribution in [0.15, 0.2) is 34.5 Å². The van der Waals surface area contributed by atoms with E-state index in [2.05, 4.69) is 37.0 Å². The highest BCUT2D eigenvalue weighted by Gasteiger charge is 2.50. The van der Waals surface area contributed by atoms with E-state index in [0.29, 0.717) is 32.7 Å². The molecule has 4 rings (SSSR count). The van der Waals surface area contributed by atoms with Crippen LogP contribution in [-0.2, 0) is 16.8 Å². The molecule has 8 nitrogen and oxygen atoms in total. The summed E-state index contributed by atoms with van der Waals surface area (Å²) in [6, 6.07) is 6.83. The molecule has 1 aromatic carbocycles.